The Bertz CT molecular complexity index is 614. The Kier molecular flexibility index (Phi) is 7.54. The molecule has 1 aromatic carbocycles. The molecule has 0 unspecified atom stereocenters. The first-order valence-electron chi connectivity index (χ1n) is 7.22. The number of carbonyl (C=O) groups excluding carboxylic acids is 2. The first-order valence-corrected chi connectivity index (χ1v) is 7.22. The molecule has 1 aromatic rings. The van der Waals surface area contributed by atoms with Crippen molar-refractivity contribution in [1.82, 2.24) is 9.80 Å². The molecule has 2 rings (SSSR count). The summed E-state index contributed by atoms with van der Waals surface area (Å²) in [5.74, 6) is -0.308. The summed E-state index contributed by atoms with van der Waals surface area (Å²) in [4.78, 5) is 26.3. The predicted octanol–water partition coefficient (Wildman–Crippen LogP) is 2.93. The highest BCUT2D eigenvalue weighted by molar-refractivity contribution is 8.93. The first kappa shape index (κ1) is 19.0. The van der Waals surface area contributed by atoms with Crippen LogP contribution in [0, 0.1) is 0 Å². The van der Waals surface area contributed by atoms with Gasteiger partial charge in [0.25, 0.3) is 0 Å². The zero-order chi connectivity index (χ0) is 15.9. The minimum absolute atomic E-state index is 0. The minimum atomic E-state index is -0.340. The molecular weight excluding hydrogens is 360 g/mol. The number of carbonyl (C=O) groups is 2. The van der Waals surface area contributed by atoms with Crippen molar-refractivity contribution in [2.75, 3.05) is 13.3 Å². The van der Waals surface area contributed by atoms with Crippen molar-refractivity contribution >= 4 is 34.9 Å². The number of hydrogen-bond acceptors (Lipinski definition) is 4. The lowest BCUT2D eigenvalue weighted by atomic mass is 10.1. The van der Waals surface area contributed by atoms with E-state index < -0.39 is 0 Å². The van der Waals surface area contributed by atoms with Crippen molar-refractivity contribution < 1.29 is 14.3 Å². The van der Waals surface area contributed by atoms with Crippen molar-refractivity contribution in [1.29, 1.82) is 0 Å². The molecule has 0 fully saturated rings. The van der Waals surface area contributed by atoms with Crippen molar-refractivity contribution in [3.05, 3.63) is 53.9 Å². The molecular formula is C17H21BrN2O3. The van der Waals surface area contributed by atoms with E-state index in [1.165, 1.54) is 6.08 Å². The maximum atomic E-state index is 11.3. The molecule has 1 heterocycles. The normalized spacial score (nSPS) is 13.3. The fraction of sp³-hybridized carbons (Fsp3) is 0.294. The van der Waals surface area contributed by atoms with E-state index in [-0.39, 0.29) is 28.9 Å². The topological polar surface area (TPSA) is 49.9 Å². The molecule has 0 radical (unpaired) electrons. The number of nitrogens with zero attached hydrogens (tertiary/aromatic N) is 2. The summed E-state index contributed by atoms with van der Waals surface area (Å²) in [6.45, 7) is 4.98. The van der Waals surface area contributed by atoms with Crippen LogP contribution in [-0.2, 0) is 20.9 Å². The second-order valence-electron chi connectivity index (χ2n) is 5.01. The van der Waals surface area contributed by atoms with Gasteiger partial charge in [-0.2, -0.15) is 0 Å². The van der Waals surface area contributed by atoms with E-state index in [9.17, 15) is 9.59 Å². The third kappa shape index (κ3) is 5.90. The molecule has 0 saturated carbocycles. The number of benzene rings is 1. The summed E-state index contributed by atoms with van der Waals surface area (Å²) in [7, 11) is 0. The Balaban J connectivity index is 0.00000264. The zero-order valence-corrected chi connectivity index (χ0v) is 15.0. The fourth-order valence-electron chi connectivity index (χ4n) is 2.16. The number of ether oxygens (including phenoxy) is 1. The third-order valence-electron chi connectivity index (χ3n) is 3.23. The Morgan fingerprint density at radius 3 is 2.74 bits per heavy atom. The Hall–Kier alpha value is -2.08. The number of hydrogen-bond donors (Lipinski definition) is 0. The van der Waals surface area contributed by atoms with Gasteiger partial charge in [0.1, 0.15) is 0 Å². The minimum Gasteiger partial charge on any atom is -0.463 e. The van der Waals surface area contributed by atoms with Crippen molar-refractivity contribution in [2.24, 2.45) is 0 Å². The van der Waals surface area contributed by atoms with Crippen LogP contribution in [0.1, 0.15) is 25.0 Å². The van der Waals surface area contributed by atoms with Gasteiger partial charge in [0.05, 0.1) is 13.3 Å². The zero-order valence-electron chi connectivity index (χ0n) is 13.3. The van der Waals surface area contributed by atoms with Gasteiger partial charge in [-0.25, -0.2) is 4.79 Å². The van der Waals surface area contributed by atoms with Crippen LogP contribution in [0.25, 0.3) is 6.08 Å². The third-order valence-corrected chi connectivity index (χ3v) is 3.23. The SMILES string of the molecule is Br.CCOC(=O)C=Cc1cccc(CN2C=CN(C(C)=O)C2)c1. The summed E-state index contributed by atoms with van der Waals surface area (Å²) in [5.41, 5.74) is 2.05. The van der Waals surface area contributed by atoms with Crippen molar-refractivity contribution in [3.8, 4) is 0 Å². The lowest BCUT2D eigenvalue weighted by molar-refractivity contribution is -0.137. The van der Waals surface area contributed by atoms with Crippen LogP contribution in [0.5, 0.6) is 0 Å². The second kappa shape index (κ2) is 9.15. The molecule has 1 amide bonds. The maximum absolute atomic E-state index is 11.3. The van der Waals surface area contributed by atoms with Gasteiger partial charge in [-0.1, -0.05) is 18.2 Å². The van der Waals surface area contributed by atoms with Crippen LogP contribution >= 0.6 is 17.0 Å². The molecule has 124 valence electrons. The van der Waals surface area contributed by atoms with Crippen LogP contribution in [0.3, 0.4) is 0 Å². The molecule has 5 nitrogen and oxygen atoms in total. The molecule has 0 aromatic heterocycles. The molecule has 0 saturated heterocycles. The molecule has 6 heteroatoms. The number of rotatable bonds is 5. The van der Waals surface area contributed by atoms with Gasteiger partial charge in [0.2, 0.25) is 5.91 Å². The van der Waals surface area contributed by atoms with Crippen LogP contribution in [0.2, 0.25) is 0 Å². The highest BCUT2D eigenvalue weighted by Crippen LogP contribution is 2.14. The molecule has 23 heavy (non-hydrogen) atoms. The van der Waals surface area contributed by atoms with Crippen molar-refractivity contribution in [3.63, 3.8) is 0 Å². The Morgan fingerprint density at radius 1 is 1.30 bits per heavy atom. The monoisotopic (exact) mass is 380 g/mol. The fourth-order valence-corrected chi connectivity index (χ4v) is 2.16. The van der Waals surface area contributed by atoms with Crippen LogP contribution in [-0.4, -0.2) is 35.0 Å². The van der Waals surface area contributed by atoms with Gasteiger partial charge in [-0.3, -0.25) is 9.69 Å². The summed E-state index contributed by atoms with van der Waals surface area (Å²) in [6.07, 6.45) is 6.86. The van der Waals surface area contributed by atoms with Gasteiger partial charge in [0, 0.05) is 31.9 Å². The maximum Gasteiger partial charge on any atom is 0.330 e. The predicted molar refractivity (Wildman–Crippen MR) is 94.5 cm³/mol. The standard InChI is InChI=1S/C17H20N2O3.BrH/c1-3-22-17(21)8-7-15-5-4-6-16(11-15)12-18-9-10-19(13-18)14(2)20;/h4-11H,3,12-13H2,1-2H3;1H. The van der Waals surface area contributed by atoms with Crippen LogP contribution in [0.4, 0.5) is 0 Å². The lowest BCUT2D eigenvalue weighted by Gasteiger charge is -2.19. The largest absolute Gasteiger partial charge is 0.463 e. The summed E-state index contributed by atoms with van der Waals surface area (Å²) < 4.78 is 4.86. The Labute approximate surface area is 147 Å². The number of halogens is 1. The Morgan fingerprint density at radius 2 is 2.09 bits per heavy atom. The average Bonchev–Trinajstić information content (AvgIpc) is 2.95. The van der Waals surface area contributed by atoms with Gasteiger partial charge < -0.3 is 9.64 Å². The molecule has 0 atom stereocenters. The van der Waals surface area contributed by atoms with Gasteiger partial charge in [-0.05, 0) is 30.2 Å². The molecule has 0 N–H and O–H groups in total. The lowest BCUT2D eigenvalue weighted by Crippen LogP contribution is -2.28. The van der Waals surface area contributed by atoms with Crippen LogP contribution in [0.15, 0.2) is 42.7 Å². The van der Waals surface area contributed by atoms with E-state index >= 15 is 0 Å². The quantitative estimate of drug-likeness (QED) is 0.581. The summed E-state index contributed by atoms with van der Waals surface area (Å²) in [6, 6.07) is 7.91. The van der Waals surface area contributed by atoms with E-state index in [1.54, 1.807) is 31.0 Å². The molecule has 0 aliphatic carbocycles. The van der Waals surface area contributed by atoms with E-state index in [0.29, 0.717) is 19.8 Å². The molecule has 0 spiro atoms. The number of amides is 1. The number of esters is 1. The van der Waals surface area contributed by atoms with E-state index in [2.05, 4.69) is 4.90 Å². The highest BCUT2D eigenvalue weighted by atomic mass is 79.9. The van der Waals surface area contributed by atoms with E-state index in [4.69, 9.17) is 4.74 Å². The second-order valence-corrected chi connectivity index (χ2v) is 5.01. The first-order chi connectivity index (χ1) is 10.6. The van der Waals surface area contributed by atoms with Gasteiger partial charge >= 0.3 is 5.97 Å². The molecule has 1 aliphatic rings. The van der Waals surface area contributed by atoms with Crippen molar-refractivity contribution in [2.45, 2.75) is 20.4 Å². The smallest absolute Gasteiger partial charge is 0.330 e. The van der Waals surface area contributed by atoms with Gasteiger partial charge in [0.15, 0.2) is 0 Å². The summed E-state index contributed by atoms with van der Waals surface area (Å²) >= 11 is 0. The average molecular weight is 381 g/mol. The van der Waals surface area contributed by atoms with Crippen LogP contribution < -0.4 is 0 Å². The molecule has 0 bridgehead atoms. The molecule has 1 aliphatic heterocycles. The summed E-state index contributed by atoms with van der Waals surface area (Å²) in [5, 5.41) is 0. The van der Waals surface area contributed by atoms with Gasteiger partial charge in [-0.15, -0.1) is 17.0 Å². The highest BCUT2D eigenvalue weighted by Gasteiger charge is 2.15. The van der Waals surface area contributed by atoms with E-state index in [1.807, 2.05) is 30.5 Å². The van der Waals surface area contributed by atoms with E-state index in [0.717, 1.165) is 11.1 Å².